The van der Waals surface area contributed by atoms with Crippen molar-refractivity contribution in [2.24, 2.45) is 0 Å². The second-order valence-corrected chi connectivity index (χ2v) is 9.63. The summed E-state index contributed by atoms with van der Waals surface area (Å²) >= 11 is 3.27. The van der Waals surface area contributed by atoms with Gasteiger partial charge < -0.3 is 4.74 Å². The van der Waals surface area contributed by atoms with E-state index in [1.165, 1.54) is 4.70 Å². The molecule has 8 heteroatoms. The highest BCUT2D eigenvalue weighted by atomic mass is 32.2. The van der Waals surface area contributed by atoms with E-state index < -0.39 is 10.0 Å². The Labute approximate surface area is 152 Å². The molecule has 0 atom stereocenters. The van der Waals surface area contributed by atoms with E-state index in [4.69, 9.17) is 4.74 Å². The quantitative estimate of drug-likeness (QED) is 0.445. The first-order chi connectivity index (χ1) is 11.6. The van der Waals surface area contributed by atoms with Gasteiger partial charge >= 0.3 is 0 Å². The molecular formula is C16H24N2O3S3. The average Bonchev–Trinajstić information content (AvgIpc) is 2.98. The number of hydrogen-bond donors (Lipinski definition) is 1. The van der Waals surface area contributed by atoms with E-state index in [2.05, 4.69) is 22.7 Å². The van der Waals surface area contributed by atoms with Crippen LogP contribution in [0.4, 0.5) is 0 Å². The molecule has 0 unspecified atom stereocenters. The molecule has 24 heavy (non-hydrogen) atoms. The summed E-state index contributed by atoms with van der Waals surface area (Å²) in [6.45, 7) is 3.83. The molecule has 1 aromatic carbocycles. The topological polar surface area (TPSA) is 68.3 Å². The Bertz CT molecular complexity index is 683. The van der Waals surface area contributed by atoms with E-state index in [9.17, 15) is 8.42 Å². The second kappa shape index (κ2) is 10.4. The number of nitrogens with one attached hydrogen (secondary N) is 1. The number of hydrogen-bond acceptors (Lipinski definition) is 6. The van der Waals surface area contributed by atoms with Gasteiger partial charge in [0.2, 0.25) is 10.0 Å². The monoisotopic (exact) mass is 388 g/mol. The number of sulfonamides is 1. The van der Waals surface area contributed by atoms with Gasteiger partial charge in [-0.25, -0.2) is 18.1 Å². The third kappa shape index (κ3) is 7.06. The Morgan fingerprint density at radius 1 is 1.25 bits per heavy atom. The third-order valence-electron chi connectivity index (χ3n) is 3.19. The molecular weight excluding hydrogens is 364 g/mol. The zero-order valence-electron chi connectivity index (χ0n) is 13.9. The summed E-state index contributed by atoms with van der Waals surface area (Å²) in [6, 6.07) is 8.02. The van der Waals surface area contributed by atoms with Crippen LogP contribution in [0.2, 0.25) is 0 Å². The number of thioether (sulfide) groups is 1. The lowest BCUT2D eigenvalue weighted by molar-refractivity contribution is 0.133. The Morgan fingerprint density at radius 3 is 2.88 bits per heavy atom. The van der Waals surface area contributed by atoms with Crippen molar-refractivity contribution in [1.29, 1.82) is 0 Å². The lowest BCUT2D eigenvalue weighted by Gasteiger charge is -2.06. The maximum atomic E-state index is 11.9. The molecule has 0 saturated carbocycles. The van der Waals surface area contributed by atoms with Gasteiger partial charge in [0.25, 0.3) is 0 Å². The molecule has 0 aliphatic carbocycles. The van der Waals surface area contributed by atoms with Crippen LogP contribution in [0.1, 0.15) is 26.2 Å². The number of fused-ring (bicyclic) bond motifs is 1. The summed E-state index contributed by atoms with van der Waals surface area (Å²) in [5.41, 5.74) is 1.00. The fourth-order valence-electron chi connectivity index (χ4n) is 2.04. The van der Waals surface area contributed by atoms with Crippen molar-refractivity contribution in [2.45, 2.75) is 30.5 Å². The molecule has 0 fully saturated rings. The van der Waals surface area contributed by atoms with Gasteiger partial charge in [-0.05, 0) is 31.4 Å². The van der Waals surface area contributed by atoms with E-state index in [1.54, 1.807) is 23.1 Å². The highest BCUT2D eigenvalue weighted by Crippen LogP contribution is 2.29. The Morgan fingerprint density at radius 2 is 2.08 bits per heavy atom. The zero-order valence-corrected chi connectivity index (χ0v) is 16.3. The first kappa shape index (κ1) is 19.7. The molecule has 2 aromatic rings. The molecule has 0 aliphatic heterocycles. The number of nitrogens with zero attached hydrogens (tertiary/aromatic N) is 1. The number of para-hydroxylation sites is 1. The van der Waals surface area contributed by atoms with Gasteiger partial charge in [-0.2, -0.15) is 0 Å². The highest BCUT2D eigenvalue weighted by molar-refractivity contribution is 8.01. The average molecular weight is 389 g/mol. The molecule has 5 nitrogen and oxygen atoms in total. The van der Waals surface area contributed by atoms with Gasteiger partial charge in [0.15, 0.2) is 4.34 Å². The lowest BCUT2D eigenvalue weighted by atomic mass is 10.3. The lowest BCUT2D eigenvalue weighted by Crippen LogP contribution is -2.28. The zero-order chi connectivity index (χ0) is 17.3. The van der Waals surface area contributed by atoms with E-state index in [1.807, 2.05) is 18.2 Å². The SMILES string of the molecule is CCCOCCCNS(=O)(=O)CCCSc1nc2ccccc2s1. The van der Waals surface area contributed by atoms with Crippen LogP contribution in [-0.4, -0.2) is 44.7 Å². The Kier molecular flexibility index (Phi) is 8.48. The first-order valence-corrected chi connectivity index (χ1v) is 11.6. The van der Waals surface area contributed by atoms with Crippen molar-refractivity contribution in [3.05, 3.63) is 24.3 Å². The summed E-state index contributed by atoms with van der Waals surface area (Å²) in [5, 5.41) is 0. The molecule has 2 rings (SSSR count). The minimum Gasteiger partial charge on any atom is -0.381 e. The van der Waals surface area contributed by atoms with Crippen LogP contribution < -0.4 is 4.72 Å². The van der Waals surface area contributed by atoms with Crippen LogP contribution in [0, 0.1) is 0 Å². The summed E-state index contributed by atoms with van der Waals surface area (Å²) in [7, 11) is -3.19. The molecule has 1 heterocycles. The van der Waals surface area contributed by atoms with E-state index >= 15 is 0 Å². The van der Waals surface area contributed by atoms with Crippen LogP contribution in [0.25, 0.3) is 10.2 Å². The largest absolute Gasteiger partial charge is 0.381 e. The van der Waals surface area contributed by atoms with Crippen molar-refractivity contribution in [3.63, 3.8) is 0 Å². The Balaban J connectivity index is 1.62. The van der Waals surface area contributed by atoms with Crippen molar-refractivity contribution in [1.82, 2.24) is 9.71 Å². The molecule has 0 saturated heterocycles. The van der Waals surface area contributed by atoms with Gasteiger partial charge in [-0.3, -0.25) is 0 Å². The van der Waals surface area contributed by atoms with Gasteiger partial charge in [0.05, 0.1) is 16.0 Å². The van der Waals surface area contributed by atoms with Crippen molar-refractivity contribution < 1.29 is 13.2 Å². The van der Waals surface area contributed by atoms with Crippen LogP contribution in [0.15, 0.2) is 28.6 Å². The minimum atomic E-state index is -3.19. The summed E-state index contributed by atoms with van der Waals surface area (Å²) < 4.78 is 33.9. The highest BCUT2D eigenvalue weighted by Gasteiger charge is 2.10. The molecule has 0 radical (unpaired) electrons. The van der Waals surface area contributed by atoms with Gasteiger partial charge in [0.1, 0.15) is 0 Å². The molecule has 0 aliphatic rings. The van der Waals surface area contributed by atoms with E-state index in [0.29, 0.717) is 26.0 Å². The number of rotatable bonds is 12. The predicted octanol–water partition coefficient (Wildman–Crippen LogP) is 3.51. The van der Waals surface area contributed by atoms with Gasteiger partial charge in [0, 0.05) is 25.5 Å². The van der Waals surface area contributed by atoms with Crippen LogP contribution in [-0.2, 0) is 14.8 Å². The fraction of sp³-hybridized carbons (Fsp3) is 0.562. The number of thiazole rings is 1. The number of benzene rings is 1. The molecule has 0 spiro atoms. The smallest absolute Gasteiger partial charge is 0.211 e. The number of aromatic nitrogens is 1. The fourth-order valence-corrected chi connectivity index (χ4v) is 5.43. The van der Waals surface area contributed by atoms with Crippen molar-refractivity contribution >= 4 is 43.3 Å². The second-order valence-electron chi connectivity index (χ2n) is 5.33. The molecule has 134 valence electrons. The normalized spacial score (nSPS) is 12.0. The summed E-state index contributed by atoms with van der Waals surface area (Å²) in [6.07, 6.45) is 2.31. The third-order valence-corrected chi connectivity index (χ3v) is 6.93. The number of ether oxygens (including phenoxy) is 1. The van der Waals surface area contributed by atoms with Crippen molar-refractivity contribution in [3.8, 4) is 0 Å². The Hall–Kier alpha value is -0.670. The minimum absolute atomic E-state index is 0.153. The van der Waals surface area contributed by atoms with Crippen LogP contribution >= 0.6 is 23.1 Å². The van der Waals surface area contributed by atoms with Crippen LogP contribution in [0.5, 0.6) is 0 Å². The summed E-state index contributed by atoms with van der Waals surface area (Å²) in [4.78, 5) is 4.53. The standard InChI is InChI=1S/C16H24N2O3S3/c1-2-10-21-11-5-9-17-24(19,20)13-6-12-22-16-18-14-7-3-4-8-15(14)23-16/h3-4,7-8,17H,2,5-6,9-13H2,1H3. The molecule has 0 bridgehead atoms. The van der Waals surface area contributed by atoms with Gasteiger partial charge in [-0.15, -0.1) is 11.3 Å². The molecule has 1 aromatic heterocycles. The van der Waals surface area contributed by atoms with Crippen LogP contribution in [0.3, 0.4) is 0 Å². The van der Waals surface area contributed by atoms with E-state index in [0.717, 1.165) is 28.6 Å². The van der Waals surface area contributed by atoms with Crippen molar-refractivity contribution in [2.75, 3.05) is 31.3 Å². The van der Waals surface area contributed by atoms with Gasteiger partial charge in [-0.1, -0.05) is 30.8 Å². The first-order valence-electron chi connectivity index (χ1n) is 8.14. The maximum absolute atomic E-state index is 11.9. The summed E-state index contributed by atoms with van der Waals surface area (Å²) in [5.74, 6) is 0.904. The van der Waals surface area contributed by atoms with E-state index in [-0.39, 0.29) is 5.75 Å². The maximum Gasteiger partial charge on any atom is 0.211 e. The predicted molar refractivity (Wildman–Crippen MR) is 102 cm³/mol. The molecule has 0 amide bonds. The molecule has 1 N–H and O–H groups in total.